The zero-order valence-corrected chi connectivity index (χ0v) is 7.05. The monoisotopic (exact) mass is 153 g/mol. The number of rotatable bonds is 4. The molecule has 0 N–H and O–H groups in total. The Morgan fingerprint density at radius 1 is 1.64 bits per heavy atom. The van der Waals surface area contributed by atoms with Crippen molar-refractivity contribution < 1.29 is 4.79 Å². The highest BCUT2D eigenvalue weighted by Gasteiger charge is 2.20. The minimum Gasteiger partial charge on any atom is -0.319 e. The van der Waals surface area contributed by atoms with Crippen LogP contribution in [0.1, 0.15) is 32.6 Å². The van der Waals surface area contributed by atoms with Gasteiger partial charge in [0.15, 0.2) is 0 Å². The van der Waals surface area contributed by atoms with E-state index in [1.807, 2.05) is 6.20 Å². The van der Waals surface area contributed by atoms with Crippen LogP contribution in [0, 0.1) is 0 Å². The van der Waals surface area contributed by atoms with Crippen LogP contribution >= 0.6 is 0 Å². The number of likely N-dealkylation sites (tertiary alicyclic amines) is 1. The molecule has 0 aromatic rings. The van der Waals surface area contributed by atoms with E-state index in [1.165, 1.54) is 12.8 Å². The fraction of sp³-hybridized carbons (Fsp3) is 0.667. The Hall–Kier alpha value is -0.790. The molecule has 0 aliphatic carbocycles. The highest BCUT2D eigenvalue weighted by molar-refractivity contribution is 5.82. The topological polar surface area (TPSA) is 20.3 Å². The molecule has 2 nitrogen and oxygen atoms in total. The molecule has 0 aromatic carbocycles. The van der Waals surface area contributed by atoms with Crippen LogP contribution in [0.3, 0.4) is 0 Å². The molecule has 2 heteroatoms. The summed E-state index contributed by atoms with van der Waals surface area (Å²) < 4.78 is 0. The van der Waals surface area contributed by atoms with Gasteiger partial charge >= 0.3 is 0 Å². The number of allylic oxidation sites excluding steroid dienone is 1. The Morgan fingerprint density at radius 2 is 2.45 bits per heavy atom. The van der Waals surface area contributed by atoms with Crippen molar-refractivity contribution in [1.82, 2.24) is 4.90 Å². The summed E-state index contributed by atoms with van der Waals surface area (Å²) in [5.41, 5.74) is 0. The van der Waals surface area contributed by atoms with Crippen molar-refractivity contribution in [2.75, 3.05) is 6.54 Å². The van der Waals surface area contributed by atoms with Gasteiger partial charge in [-0.1, -0.05) is 25.8 Å². The van der Waals surface area contributed by atoms with Gasteiger partial charge in [0.05, 0.1) is 0 Å². The van der Waals surface area contributed by atoms with Gasteiger partial charge < -0.3 is 4.90 Å². The SMILES string of the molecule is CCCCC=CN1CCC1=O. The smallest absolute Gasteiger partial charge is 0.228 e. The summed E-state index contributed by atoms with van der Waals surface area (Å²) in [5, 5.41) is 0. The average molecular weight is 153 g/mol. The summed E-state index contributed by atoms with van der Waals surface area (Å²) in [6, 6.07) is 0. The quantitative estimate of drug-likeness (QED) is 0.446. The average Bonchev–Trinajstić information content (AvgIpc) is 2.02. The third-order valence-electron chi connectivity index (χ3n) is 1.90. The lowest BCUT2D eigenvalue weighted by molar-refractivity contribution is -0.136. The molecular weight excluding hydrogens is 138 g/mol. The number of amides is 1. The maximum Gasteiger partial charge on any atom is 0.228 e. The predicted octanol–water partition coefficient (Wildman–Crippen LogP) is 1.92. The summed E-state index contributed by atoms with van der Waals surface area (Å²) in [4.78, 5) is 12.5. The molecule has 1 rings (SSSR count). The van der Waals surface area contributed by atoms with Crippen LogP contribution < -0.4 is 0 Å². The predicted molar refractivity (Wildman–Crippen MR) is 45.0 cm³/mol. The molecule has 62 valence electrons. The van der Waals surface area contributed by atoms with Crippen LogP contribution in [0.15, 0.2) is 12.3 Å². The Balaban J connectivity index is 2.09. The second-order valence-electron chi connectivity index (χ2n) is 2.86. The van der Waals surface area contributed by atoms with Crippen molar-refractivity contribution in [3.8, 4) is 0 Å². The first kappa shape index (κ1) is 8.31. The number of unbranched alkanes of at least 4 members (excludes halogenated alkanes) is 2. The van der Waals surface area contributed by atoms with Crippen LogP contribution in [0.25, 0.3) is 0 Å². The van der Waals surface area contributed by atoms with Gasteiger partial charge in [0.1, 0.15) is 0 Å². The van der Waals surface area contributed by atoms with E-state index in [0.29, 0.717) is 0 Å². The van der Waals surface area contributed by atoms with Gasteiger partial charge in [-0.2, -0.15) is 0 Å². The molecule has 1 aliphatic heterocycles. The van der Waals surface area contributed by atoms with Crippen LogP contribution in [0.4, 0.5) is 0 Å². The molecule has 0 radical (unpaired) electrons. The second-order valence-corrected chi connectivity index (χ2v) is 2.86. The third kappa shape index (κ3) is 2.37. The first-order valence-electron chi connectivity index (χ1n) is 4.30. The van der Waals surface area contributed by atoms with E-state index in [9.17, 15) is 4.79 Å². The number of nitrogens with zero attached hydrogens (tertiary/aromatic N) is 1. The zero-order chi connectivity index (χ0) is 8.10. The largest absolute Gasteiger partial charge is 0.319 e. The molecule has 1 saturated heterocycles. The van der Waals surface area contributed by atoms with Crippen molar-refractivity contribution in [1.29, 1.82) is 0 Å². The van der Waals surface area contributed by atoms with E-state index in [0.717, 1.165) is 19.4 Å². The molecule has 1 heterocycles. The van der Waals surface area contributed by atoms with Gasteiger partial charge in [-0.15, -0.1) is 0 Å². The van der Waals surface area contributed by atoms with Crippen molar-refractivity contribution >= 4 is 5.91 Å². The van der Waals surface area contributed by atoms with Crippen molar-refractivity contribution in [2.24, 2.45) is 0 Å². The van der Waals surface area contributed by atoms with Gasteiger partial charge in [-0.3, -0.25) is 4.79 Å². The highest BCUT2D eigenvalue weighted by atomic mass is 16.2. The first-order valence-corrected chi connectivity index (χ1v) is 4.30. The molecule has 11 heavy (non-hydrogen) atoms. The van der Waals surface area contributed by atoms with Crippen LogP contribution in [0.5, 0.6) is 0 Å². The lowest BCUT2D eigenvalue weighted by atomic mass is 10.2. The molecule has 1 amide bonds. The highest BCUT2D eigenvalue weighted by Crippen LogP contribution is 2.09. The molecule has 0 saturated carbocycles. The zero-order valence-electron chi connectivity index (χ0n) is 7.05. The summed E-state index contributed by atoms with van der Waals surface area (Å²) in [7, 11) is 0. The van der Waals surface area contributed by atoms with E-state index in [1.54, 1.807) is 4.90 Å². The summed E-state index contributed by atoms with van der Waals surface area (Å²) in [5.74, 6) is 0.262. The lowest BCUT2D eigenvalue weighted by Gasteiger charge is -2.26. The number of carbonyl (C=O) groups excluding carboxylic acids is 1. The number of hydrogen-bond acceptors (Lipinski definition) is 1. The Kier molecular flexibility index (Phi) is 3.14. The summed E-state index contributed by atoms with van der Waals surface area (Å²) in [6.45, 7) is 3.09. The third-order valence-corrected chi connectivity index (χ3v) is 1.90. The van der Waals surface area contributed by atoms with Gasteiger partial charge in [-0.05, 0) is 6.42 Å². The molecule has 1 fully saturated rings. The van der Waals surface area contributed by atoms with E-state index in [4.69, 9.17) is 0 Å². The number of hydrogen-bond donors (Lipinski definition) is 0. The molecule has 1 aliphatic rings. The van der Waals surface area contributed by atoms with Crippen LogP contribution in [-0.2, 0) is 4.79 Å². The molecule has 0 aromatic heterocycles. The van der Waals surface area contributed by atoms with Gasteiger partial charge in [0, 0.05) is 19.2 Å². The second kappa shape index (κ2) is 4.16. The van der Waals surface area contributed by atoms with Crippen LogP contribution in [0.2, 0.25) is 0 Å². The maximum atomic E-state index is 10.8. The minimum absolute atomic E-state index is 0.262. The molecule has 0 unspecified atom stereocenters. The van der Waals surface area contributed by atoms with E-state index < -0.39 is 0 Å². The van der Waals surface area contributed by atoms with E-state index >= 15 is 0 Å². The number of carbonyl (C=O) groups is 1. The first-order chi connectivity index (χ1) is 5.34. The molecule has 0 bridgehead atoms. The summed E-state index contributed by atoms with van der Waals surface area (Å²) in [6.07, 6.45) is 8.28. The molecule has 0 spiro atoms. The normalized spacial score (nSPS) is 17.5. The molecular formula is C9H15NO. The Morgan fingerprint density at radius 3 is 2.91 bits per heavy atom. The molecule has 0 atom stereocenters. The van der Waals surface area contributed by atoms with Crippen molar-refractivity contribution in [3.05, 3.63) is 12.3 Å². The maximum absolute atomic E-state index is 10.8. The fourth-order valence-corrected chi connectivity index (χ4v) is 1.01. The Bertz CT molecular complexity index is 163. The minimum atomic E-state index is 0.262. The van der Waals surface area contributed by atoms with Crippen molar-refractivity contribution in [3.63, 3.8) is 0 Å². The van der Waals surface area contributed by atoms with Crippen LogP contribution in [-0.4, -0.2) is 17.4 Å². The lowest BCUT2D eigenvalue weighted by Crippen LogP contribution is -2.38. The van der Waals surface area contributed by atoms with E-state index in [-0.39, 0.29) is 5.91 Å². The van der Waals surface area contributed by atoms with E-state index in [2.05, 4.69) is 13.0 Å². The van der Waals surface area contributed by atoms with Gasteiger partial charge in [-0.25, -0.2) is 0 Å². The standard InChI is InChI=1S/C9H15NO/c1-2-3-4-5-7-10-8-6-9(10)11/h5,7H,2-4,6,8H2,1H3. The van der Waals surface area contributed by atoms with Gasteiger partial charge in [0.2, 0.25) is 5.91 Å². The van der Waals surface area contributed by atoms with Gasteiger partial charge in [0.25, 0.3) is 0 Å². The fourth-order valence-electron chi connectivity index (χ4n) is 1.01. The number of β-lactam (4-membered cyclic amide) rings is 1. The Labute approximate surface area is 67.9 Å². The van der Waals surface area contributed by atoms with Crippen molar-refractivity contribution in [2.45, 2.75) is 32.6 Å². The summed E-state index contributed by atoms with van der Waals surface area (Å²) >= 11 is 0.